The van der Waals surface area contributed by atoms with Gasteiger partial charge < -0.3 is 10.5 Å². The predicted molar refractivity (Wildman–Crippen MR) is 55.0 cm³/mol. The Balaban J connectivity index is 2.49. The highest BCUT2D eigenvalue weighted by molar-refractivity contribution is 5.77. The quantitative estimate of drug-likeness (QED) is 0.585. The van der Waals surface area contributed by atoms with Gasteiger partial charge in [0.05, 0.1) is 0 Å². The van der Waals surface area contributed by atoms with Crippen LogP contribution in [-0.2, 0) is 4.79 Å². The van der Waals surface area contributed by atoms with Crippen LogP contribution < -0.4 is 10.5 Å². The number of carbonyl (C=O) groups excluding carboxylic acids is 1. The van der Waals surface area contributed by atoms with E-state index in [1.165, 1.54) is 0 Å². The number of rotatable bonds is 4. The van der Waals surface area contributed by atoms with Crippen LogP contribution in [0.15, 0.2) is 30.3 Å². The number of para-hydroxylation sites is 1. The molecule has 0 bridgehead atoms. The van der Waals surface area contributed by atoms with Crippen molar-refractivity contribution in [1.82, 2.24) is 0 Å². The lowest BCUT2D eigenvalue weighted by molar-refractivity contribution is -0.136. The average molecular weight is 193 g/mol. The smallest absolute Gasteiger partial charge is 0.328 e. The molecule has 0 radical (unpaired) electrons. The third-order valence-corrected chi connectivity index (χ3v) is 1.86. The third kappa shape index (κ3) is 3.18. The summed E-state index contributed by atoms with van der Waals surface area (Å²) in [6.07, 6.45) is 1.54. The van der Waals surface area contributed by atoms with Crippen LogP contribution in [0.4, 0.5) is 0 Å². The van der Waals surface area contributed by atoms with Crippen molar-refractivity contribution in [1.29, 1.82) is 0 Å². The maximum Gasteiger partial charge on any atom is 0.328 e. The lowest BCUT2D eigenvalue weighted by Gasteiger charge is -2.09. The molecule has 14 heavy (non-hydrogen) atoms. The number of esters is 1. The summed E-state index contributed by atoms with van der Waals surface area (Å²) in [7, 11) is 0. The summed E-state index contributed by atoms with van der Waals surface area (Å²) < 4.78 is 5.06. The third-order valence-electron chi connectivity index (χ3n) is 1.86. The van der Waals surface area contributed by atoms with E-state index < -0.39 is 6.04 Å². The lowest BCUT2D eigenvalue weighted by Crippen LogP contribution is -2.33. The van der Waals surface area contributed by atoms with Crippen molar-refractivity contribution in [2.24, 2.45) is 5.73 Å². The number of carbonyl (C=O) groups is 1. The Hall–Kier alpha value is -1.35. The highest BCUT2D eigenvalue weighted by atomic mass is 16.5. The molecule has 3 nitrogen and oxygen atoms in total. The topological polar surface area (TPSA) is 52.3 Å². The first kappa shape index (κ1) is 10.7. The van der Waals surface area contributed by atoms with Crippen LogP contribution in [0.5, 0.6) is 5.75 Å². The van der Waals surface area contributed by atoms with E-state index in [1.54, 1.807) is 12.1 Å². The first-order valence-corrected chi connectivity index (χ1v) is 4.76. The molecular formula is C11H15NO2. The van der Waals surface area contributed by atoms with Gasteiger partial charge >= 0.3 is 5.97 Å². The van der Waals surface area contributed by atoms with Crippen LogP contribution >= 0.6 is 0 Å². The molecule has 1 aromatic rings. The summed E-state index contributed by atoms with van der Waals surface area (Å²) in [5.41, 5.74) is 5.60. The van der Waals surface area contributed by atoms with Crippen LogP contribution in [-0.4, -0.2) is 12.0 Å². The summed E-state index contributed by atoms with van der Waals surface area (Å²) in [5, 5.41) is 0. The van der Waals surface area contributed by atoms with Crippen LogP contribution in [0.25, 0.3) is 0 Å². The van der Waals surface area contributed by atoms with Gasteiger partial charge in [-0.25, -0.2) is 4.79 Å². The number of hydrogen-bond donors (Lipinski definition) is 1. The zero-order chi connectivity index (χ0) is 10.4. The normalized spacial score (nSPS) is 12.1. The highest BCUT2D eigenvalue weighted by Gasteiger charge is 2.14. The van der Waals surface area contributed by atoms with E-state index in [0.717, 1.165) is 6.42 Å². The molecule has 0 saturated heterocycles. The molecule has 1 atom stereocenters. The zero-order valence-electron chi connectivity index (χ0n) is 8.27. The number of hydrogen-bond acceptors (Lipinski definition) is 3. The Morgan fingerprint density at radius 2 is 2.07 bits per heavy atom. The van der Waals surface area contributed by atoms with Gasteiger partial charge in [0.15, 0.2) is 0 Å². The molecule has 0 aliphatic heterocycles. The van der Waals surface area contributed by atoms with Gasteiger partial charge in [0, 0.05) is 0 Å². The Morgan fingerprint density at radius 1 is 1.43 bits per heavy atom. The lowest BCUT2D eigenvalue weighted by atomic mass is 10.2. The number of nitrogens with two attached hydrogens (primary N) is 1. The SMILES string of the molecule is CCCC(N)C(=O)Oc1ccccc1. The second-order valence-electron chi connectivity index (χ2n) is 3.13. The van der Waals surface area contributed by atoms with E-state index in [4.69, 9.17) is 10.5 Å². The van der Waals surface area contributed by atoms with Gasteiger partial charge in [0.1, 0.15) is 11.8 Å². The minimum atomic E-state index is -0.514. The van der Waals surface area contributed by atoms with Crippen molar-refractivity contribution in [3.8, 4) is 5.75 Å². The molecule has 1 rings (SSSR count). The minimum Gasteiger partial charge on any atom is -0.425 e. The molecule has 3 heteroatoms. The largest absolute Gasteiger partial charge is 0.425 e. The van der Waals surface area contributed by atoms with E-state index in [-0.39, 0.29) is 5.97 Å². The van der Waals surface area contributed by atoms with E-state index in [0.29, 0.717) is 12.2 Å². The molecule has 0 aromatic heterocycles. The van der Waals surface area contributed by atoms with Crippen LogP contribution in [0, 0.1) is 0 Å². The molecule has 0 spiro atoms. The van der Waals surface area contributed by atoms with Crippen LogP contribution in [0.3, 0.4) is 0 Å². The molecule has 0 heterocycles. The van der Waals surface area contributed by atoms with Crippen molar-refractivity contribution in [2.45, 2.75) is 25.8 Å². The fraction of sp³-hybridized carbons (Fsp3) is 0.364. The first-order chi connectivity index (χ1) is 6.74. The van der Waals surface area contributed by atoms with Crippen molar-refractivity contribution in [3.63, 3.8) is 0 Å². The van der Waals surface area contributed by atoms with E-state index in [1.807, 2.05) is 25.1 Å². The first-order valence-electron chi connectivity index (χ1n) is 4.76. The van der Waals surface area contributed by atoms with Crippen molar-refractivity contribution in [3.05, 3.63) is 30.3 Å². The van der Waals surface area contributed by atoms with Gasteiger partial charge in [-0.1, -0.05) is 31.5 Å². The Kier molecular flexibility index (Phi) is 4.13. The molecule has 1 aromatic carbocycles. The maximum absolute atomic E-state index is 11.4. The van der Waals surface area contributed by atoms with Gasteiger partial charge in [-0.2, -0.15) is 0 Å². The molecule has 2 N–H and O–H groups in total. The van der Waals surface area contributed by atoms with Gasteiger partial charge in [0.25, 0.3) is 0 Å². The summed E-state index contributed by atoms with van der Waals surface area (Å²) in [4.78, 5) is 11.4. The summed E-state index contributed by atoms with van der Waals surface area (Å²) in [6.45, 7) is 1.98. The van der Waals surface area contributed by atoms with Gasteiger partial charge in [0.2, 0.25) is 0 Å². The Bertz CT molecular complexity index is 285. The molecule has 1 unspecified atom stereocenters. The molecule has 0 saturated carbocycles. The Morgan fingerprint density at radius 3 is 2.64 bits per heavy atom. The summed E-state index contributed by atoms with van der Waals surface area (Å²) in [6, 6.07) is 8.44. The second kappa shape index (κ2) is 5.40. The molecular weight excluding hydrogens is 178 g/mol. The number of ether oxygens (including phenoxy) is 1. The van der Waals surface area contributed by atoms with Crippen molar-refractivity contribution >= 4 is 5.97 Å². The zero-order valence-corrected chi connectivity index (χ0v) is 8.27. The van der Waals surface area contributed by atoms with Gasteiger partial charge in [-0.3, -0.25) is 0 Å². The minimum absolute atomic E-state index is 0.363. The predicted octanol–water partition coefficient (Wildman–Crippen LogP) is 1.72. The van der Waals surface area contributed by atoms with E-state index >= 15 is 0 Å². The molecule has 0 aliphatic rings. The maximum atomic E-state index is 11.4. The molecule has 0 fully saturated rings. The van der Waals surface area contributed by atoms with Crippen molar-refractivity contribution in [2.75, 3.05) is 0 Å². The standard InChI is InChI=1S/C11H15NO2/c1-2-6-10(12)11(13)14-9-7-4-3-5-8-9/h3-5,7-8,10H,2,6,12H2,1H3. The number of benzene rings is 1. The van der Waals surface area contributed by atoms with Gasteiger partial charge in [-0.05, 0) is 18.6 Å². The van der Waals surface area contributed by atoms with E-state index in [9.17, 15) is 4.79 Å². The van der Waals surface area contributed by atoms with Crippen LogP contribution in [0.1, 0.15) is 19.8 Å². The van der Waals surface area contributed by atoms with Crippen LogP contribution in [0.2, 0.25) is 0 Å². The monoisotopic (exact) mass is 193 g/mol. The van der Waals surface area contributed by atoms with Crippen molar-refractivity contribution < 1.29 is 9.53 Å². The molecule has 76 valence electrons. The summed E-state index contributed by atoms with van der Waals surface area (Å²) in [5.74, 6) is 0.183. The molecule has 0 aliphatic carbocycles. The fourth-order valence-electron chi connectivity index (χ4n) is 1.11. The second-order valence-corrected chi connectivity index (χ2v) is 3.13. The summed E-state index contributed by atoms with van der Waals surface area (Å²) >= 11 is 0. The molecule has 0 amide bonds. The Labute approximate surface area is 83.9 Å². The highest BCUT2D eigenvalue weighted by Crippen LogP contribution is 2.09. The van der Waals surface area contributed by atoms with Gasteiger partial charge in [-0.15, -0.1) is 0 Å². The van der Waals surface area contributed by atoms with E-state index in [2.05, 4.69) is 0 Å². The fourth-order valence-corrected chi connectivity index (χ4v) is 1.11. The average Bonchev–Trinajstić information content (AvgIpc) is 2.19.